The summed E-state index contributed by atoms with van der Waals surface area (Å²) < 4.78 is 1.70. The molecule has 0 aliphatic rings. The van der Waals surface area contributed by atoms with Crippen LogP contribution < -0.4 is 5.43 Å². The van der Waals surface area contributed by atoms with Gasteiger partial charge in [0.05, 0.1) is 27.8 Å². The SMILES string of the molecule is CC(=NNC(=O)CCn1nnc2ccccc21)c1ccc(Cl)c(Cl)c1. The molecule has 25 heavy (non-hydrogen) atoms. The minimum absolute atomic E-state index is 0.209. The van der Waals surface area contributed by atoms with Crippen LogP contribution in [0, 0.1) is 0 Å². The van der Waals surface area contributed by atoms with Gasteiger partial charge in [0.25, 0.3) is 0 Å². The Labute approximate surface area is 154 Å². The van der Waals surface area contributed by atoms with Crippen molar-refractivity contribution >= 4 is 45.9 Å². The van der Waals surface area contributed by atoms with E-state index in [0.29, 0.717) is 22.3 Å². The highest BCUT2D eigenvalue weighted by Crippen LogP contribution is 2.22. The molecule has 3 aromatic rings. The fraction of sp³-hybridized carbons (Fsp3) is 0.176. The second-order valence-electron chi connectivity index (χ2n) is 5.41. The van der Waals surface area contributed by atoms with Crippen LogP contribution in [-0.2, 0) is 11.3 Å². The molecule has 1 N–H and O–H groups in total. The number of hydrazone groups is 1. The predicted molar refractivity (Wildman–Crippen MR) is 99.0 cm³/mol. The Bertz CT molecular complexity index is 951. The van der Waals surface area contributed by atoms with Gasteiger partial charge in [-0.05, 0) is 36.8 Å². The summed E-state index contributed by atoms with van der Waals surface area (Å²) in [5.74, 6) is -0.209. The molecule has 6 nitrogen and oxygen atoms in total. The van der Waals surface area contributed by atoms with Gasteiger partial charge in [0.2, 0.25) is 5.91 Å². The van der Waals surface area contributed by atoms with Gasteiger partial charge >= 0.3 is 0 Å². The highest BCUT2D eigenvalue weighted by molar-refractivity contribution is 6.42. The molecule has 1 heterocycles. The molecule has 0 radical (unpaired) electrons. The lowest BCUT2D eigenvalue weighted by atomic mass is 10.1. The van der Waals surface area contributed by atoms with Crippen molar-refractivity contribution < 1.29 is 4.79 Å². The van der Waals surface area contributed by atoms with Crippen molar-refractivity contribution in [1.29, 1.82) is 0 Å². The molecular weight excluding hydrogens is 361 g/mol. The van der Waals surface area contributed by atoms with Crippen molar-refractivity contribution in [2.45, 2.75) is 19.9 Å². The van der Waals surface area contributed by atoms with Crippen LogP contribution in [0.2, 0.25) is 10.0 Å². The van der Waals surface area contributed by atoms with Gasteiger partial charge < -0.3 is 0 Å². The molecular formula is C17H15Cl2N5O. The van der Waals surface area contributed by atoms with E-state index in [0.717, 1.165) is 16.6 Å². The van der Waals surface area contributed by atoms with Crippen LogP contribution in [0.5, 0.6) is 0 Å². The van der Waals surface area contributed by atoms with Gasteiger partial charge in [-0.15, -0.1) is 5.10 Å². The molecule has 0 bridgehead atoms. The van der Waals surface area contributed by atoms with Crippen molar-refractivity contribution in [3.8, 4) is 0 Å². The number of hydrogen-bond donors (Lipinski definition) is 1. The highest BCUT2D eigenvalue weighted by atomic mass is 35.5. The predicted octanol–water partition coefficient (Wildman–Crippen LogP) is 3.67. The third-order valence-corrected chi connectivity index (χ3v) is 4.40. The quantitative estimate of drug-likeness (QED) is 0.546. The third kappa shape index (κ3) is 4.15. The van der Waals surface area contributed by atoms with Gasteiger partial charge in [-0.2, -0.15) is 5.10 Å². The first-order chi connectivity index (χ1) is 12.0. The standard InChI is InChI=1S/C17H15Cl2N5O/c1-11(12-6-7-13(18)14(19)10-12)20-22-17(25)8-9-24-16-5-3-2-4-15(16)21-23-24/h2-7,10H,8-9H2,1H3,(H,22,25). The van der Waals surface area contributed by atoms with Gasteiger partial charge in [-0.25, -0.2) is 10.1 Å². The Morgan fingerprint density at radius 2 is 2.00 bits per heavy atom. The Balaban J connectivity index is 1.59. The number of para-hydroxylation sites is 1. The number of carbonyl (C=O) groups is 1. The van der Waals surface area contributed by atoms with Gasteiger partial charge in [0, 0.05) is 6.42 Å². The maximum absolute atomic E-state index is 12.0. The summed E-state index contributed by atoms with van der Waals surface area (Å²) in [5.41, 5.74) is 5.66. The zero-order valence-corrected chi connectivity index (χ0v) is 14.9. The lowest BCUT2D eigenvalue weighted by molar-refractivity contribution is -0.121. The Morgan fingerprint density at radius 3 is 2.80 bits per heavy atom. The Hall–Kier alpha value is -2.44. The summed E-state index contributed by atoms with van der Waals surface area (Å²) in [4.78, 5) is 12.0. The third-order valence-electron chi connectivity index (χ3n) is 3.66. The van der Waals surface area contributed by atoms with Gasteiger partial charge in [-0.1, -0.05) is 46.6 Å². The Morgan fingerprint density at radius 1 is 1.20 bits per heavy atom. The molecule has 2 aromatic carbocycles. The van der Waals surface area contributed by atoms with E-state index in [4.69, 9.17) is 23.2 Å². The van der Waals surface area contributed by atoms with E-state index < -0.39 is 0 Å². The molecule has 0 aliphatic carbocycles. The number of carbonyl (C=O) groups excluding carboxylic acids is 1. The number of aryl methyl sites for hydroxylation is 1. The summed E-state index contributed by atoms with van der Waals surface area (Å²) in [5, 5.41) is 13.1. The number of rotatable bonds is 5. The van der Waals surface area contributed by atoms with E-state index in [9.17, 15) is 4.79 Å². The van der Waals surface area contributed by atoms with Crippen LogP contribution in [0.25, 0.3) is 11.0 Å². The lowest BCUT2D eigenvalue weighted by Crippen LogP contribution is -2.21. The number of nitrogens with zero attached hydrogens (tertiary/aromatic N) is 4. The van der Waals surface area contributed by atoms with E-state index in [1.54, 1.807) is 29.8 Å². The van der Waals surface area contributed by atoms with Crippen molar-refractivity contribution in [3.63, 3.8) is 0 Å². The maximum Gasteiger partial charge on any atom is 0.241 e. The second-order valence-corrected chi connectivity index (χ2v) is 6.23. The van der Waals surface area contributed by atoms with Gasteiger partial charge in [0.15, 0.2) is 0 Å². The summed E-state index contributed by atoms with van der Waals surface area (Å²) >= 11 is 11.9. The van der Waals surface area contributed by atoms with Gasteiger partial charge in [-0.3, -0.25) is 4.79 Å². The van der Waals surface area contributed by atoms with Crippen LogP contribution >= 0.6 is 23.2 Å². The molecule has 0 fully saturated rings. The first-order valence-electron chi connectivity index (χ1n) is 7.61. The fourth-order valence-electron chi connectivity index (χ4n) is 2.28. The van der Waals surface area contributed by atoms with Crippen LogP contribution in [0.1, 0.15) is 18.9 Å². The van der Waals surface area contributed by atoms with Crippen LogP contribution in [0.4, 0.5) is 0 Å². The normalized spacial score (nSPS) is 11.7. The average Bonchev–Trinajstić information content (AvgIpc) is 3.03. The summed E-state index contributed by atoms with van der Waals surface area (Å²) in [7, 11) is 0. The summed E-state index contributed by atoms with van der Waals surface area (Å²) in [6.07, 6.45) is 0.242. The van der Waals surface area contributed by atoms with Crippen LogP contribution in [0.15, 0.2) is 47.6 Å². The number of nitrogens with one attached hydrogen (secondary N) is 1. The molecule has 8 heteroatoms. The number of halogens is 2. The van der Waals surface area contributed by atoms with Crippen molar-refractivity contribution in [2.24, 2.45) is 5.10 Å². The van der Waals surface area contributed by atoms with Crippen molar-refractivity contribution in [1.82, 2.24) is 20.4 Å². The van der Waals surface area contributed by atoms with Crippen molar-refractivity contribution in [2.75, 3.05) is 0 Å². The van der Waals surface area contributed by atoms with Gasteiger partial charge in [0.1, 0.15) is 5.52 Å². The molecule has 0 atom stereocenters. The lowest BCUT2D eigenvalue weighted by Gasteiger charge is -2.05. The number of hydrogen-bond acceptors (Lipinski definition) is 4. The molecule has 0 unspecified atom stereocenters. The first kappa shape index (κ1) is 17.4. The smallest absolute Gasteiger partial charge is 0.241 e. The molecule has 3 rings (SSSR count). The summed E-state index contributed by atoms with van der Waals surface area (Å²) in [6.45, 7) is 2.21. The van der Waals surface area contributed by atoms with E-state index in [-0.39, 0.29) is 12.3 Å². The molecule has 1 amide bonds. The topological polar surface area (TPSA) is 72.2 Å². The first-order valence-corrected chi connectivity index (χ1v) is 8.37. The van der Waals surface area contributed by atoms with E-state index >= 15 is 0 Å². The zero-order chi connectivity index (χ0) is 17.8. The van der Waals surface area contributed by atoms with E-state index in [1.807, 2.05) is 24.3 Å². The number of benzene rings is 2. The zero-order valence-electron chi connectivity index (χ0n) is 13.4. The monoisotopic (exact) mass is 375 g/mol. The number of fused-ring (bicyclic) bond motifs is 1. The fourth-order valence-corrected chi connectivity index (χ4v) is 2.58. The largest absolute Gasteiger partial charge is 0.273 e. The van der Waals surface area contributed by atoms with E-state index in [1.165, 1.54) is 0 Å². The maximum atomic E-state index is 12.0. The summed E-state index contributed by atoms with van der Waals surface area (Å²) in [6, 6.07) is 12.8. The molecule has 1 aromatic heterocycles. The van der Waals surface area contributed by atoms with Crippen LogP contribution in [0.3, 0.4) is 0 Å². The molecule has 0 spiro atoms. The number of amides is 1. The number of aromatic nitrogens is 3. The highest BCUT2D eigenvalue weighted by Gasteiger charge is 2.07. The molecule has 128 valence electrons. The minimum Gasteiger partial charge on any atom is -0.273 e. The Kier molecular flexibility index (Phi) is 5.31. The molecule has 0 aliphatic heterocycles. The van der Waals surface area contributed by atoms with Crippen molar-refractivity contribution in [3.05, 3.63) is 58.1 Å². The second kappa shape index (κ2) is 7.63. The molecule has 0 saturated heterocycles. The molecule has 0 saturated carbocycles. The average molecular weight is 376 g/mol. The minimum atomic E-state index is -0.209. The van der Waals surface area contributed by atoms with E-state index in [2.05, 4.69) is 20.8 Å². The van der Waals surface area contributed by atoms with Crippen LogP contribution in [-0.4, -0.2) is 26.6 Å².